The second-order valence-electron chi connectivity index (χ2n) is 5.15. The van der Waals surface area contributed by atoms with Crippen molar-refractivity contribution < 1.29 is 14.6 Å². The Hall–Kier alpha value is -2.55. The molecule has 0 fully saturated rings. The molecule has 0 aliphatic carbocycles. The van der Waals surface area contributed by atoms with Crippen molar-refractivity contribution in [1.82, 2.24) is 0 Å². The minimum Gasteiger partial charge on any atom is -0.494 e. The van der Waals surface area contributed by atoms with E-state index in [1.807, 2.05) is 55.5 Å². The summed E-state index contributed by atoms with van der Waals surface area (Å²) in [5, 5.41) is 9.44. The first kappa shape index (κ1) is 15.8. The molecule has 0 saturated heterocycles. The van der Waals surface area contributed by atoms with E-state index in [-0.39, 0.29) is 5.57 Å². The predicted molar refractivity (Wildman–Crippen MR) is 88.9 cm³/mol. The van der Waals surface area contributed by atoms with Gasteiger partial charge >= 0.3 is 5.97 Å². The summed E-state index contributed by atoms with van der Waals surface area (Å²) in [5.41, 5.74) is 2.92. The highest BCUT2D eigenvalue weighted by Gasteiger charge is 2.10. The topological polar surface area (TPSA) is 46.5 Å². The normalized spacial score (nSPS) is 11.3. The number of ether oxygens (including phenoxy) is 1. The Morgan fingerprint density at radius 3 is 2.27 bits per heavy atom. The van der Waals surface area contributed by atoms with Crippen molar-refractivity contribution in [3.05, 3.63) is 65.2 Å². The average molecular weight is 296 g/mol. The fourth-order valence-electron chi connectivity index (χ4n) is 2.05. The molecule has 0 aliphatic heterocycles. The van der Waals surface area contributed by atoms with Gasteiger partial charge in [-0.25, -0.2) is 4.79 Å². The number of aryl methyl sites for hydroxylation is 1. The molecule has 0 bridgehead atoms. The molecule has 0 saturated carbocycles. The Balaban J connectivity index is 2.26. The largest absolute Gasteiger partial charge is 0.494 e. The standard InChI is InChI=1S/C19H20O3/c1-3-12-22-17-10-6-15(7-11-17)13-18(19(20)21)16-8-4-14(2)5-9-16/h4-11,13H,3,12H2,1-2H3,(H,20,21)/b18-13-. The molecule has 0 unspecified atom stereocenters. The summed E-state index contributed by atoms with van der Waals surface area (Å²) in [4.78, 5) is 11.5. The highest BCUT2D eigenvalue weighted by atomic mass is 16.5. The lowest BCUT2D eigenvalue weighted by atomic mass is 10.0. The summed E-state index contributed by atoms with van der Waals surface area (Å²) in [6.45, 7) is 4.71. The maximum Gasteiger partial charge on any atom is 0.336 e. The van der Waals surface area contributed by atoms with Gasteiger partial charge in [-0.1, -0.05) is 48.9 Å². The van der Waals surface area contributed by atoms with Gasteiger partial charge in [0.2, 0.25) is 0 Å². The Kier molecular flexibility index (Phi) is 5.37. The van der Waals surface area contributed by atoms with Gasteiger partial charge in [0, 0.05) is 0 Å². The van der Waals surface area contributed by atoms with E-state index in [1.54, 1.807) is 6.08 Å². The van der Waals surface area contributed by atoms with Crippen LogP contribution in [0.15, 0.2) is 48.5 Å². The summed E-state index contributed by atoms with van der Waals surface area (Å²) in [7, 11) is 0. The fraction of sp³-hybridized carbons (Fsp3) is 0.211. The van der Waals surface area contributed by atoms with E-state index in [4.69, 9.17) is 4.74 Å². The van der Waals surface area contributed by atoms with E-state index in [2.05, 4.69) is 6.92 Å². The summed E-state index contributed by atoms with van der Waals surface area (Å²) < 4.78 is 5.52. The molecule has 2 rings (SSSR count). The van der Waals surface area contributed by atoms with Gasteiger partial charge in [-0.05, 0) is 42.7 Å². The van der Waals surface area contributed by atoms with Crippen LogP contribution < -0.4 is 4.74 Å². The first-order chi connectivity index (χ1) is 10.6. The van der Waals surface area contributed by atoms with E-state index in [0.29, 0.717) is 12.2 Å². The minimum atomic E-state index is -0.935. The van der Waals surface area contributed by atoms with E-state index >= 15 is 0 Å². The third kappa shape index (κ3) is 4.22. The van der Waals surface area contributed by atoms with Gasteiger partial charge < -0.3 is 9.84 Å². The van der Waals surface area contributed by atoms with Crippen molar-refractivity contribution in [2.24, 2.45) is 0 Å². The summed E-state index contributed by atoms with van der Waals surface area (Å²) in [6, 6.07) is 14.9. The Morgan fingerprint density at radius 1 is 1.09 bits per heavy atom. The molecule has 114 valence electrons. The first-order valence-electron chi connectivity index (χ1n) is 7.35. The number of hydrogen-bond acceptors (Lipinski definition) is 2. The van der Waals surface area contributed by atoms with Crippen LogP contribution in [0.1, 0.15) is 30.0 Å². The van der Waals surface area contributed by atoms with Crippen LogP contribution in [0.2, 0.25) is 0 Å². The van der Waals surface area contributed by atoms with Crippen LogP contribution in [-0.4, -0.2) is 17.7 Å². The van der Waals surface area contributed by atoms with E-state index in [9.17, 15) is 9.90 Å². The lowest BCUT2D eigenvalue weighted by molar-refractivity contribution is -0.130. The number of aliphatic carboxylic acids is 1. The molecule has 3 heteroatoms. The smallest absolute Gasteiger partial charge is 0.336 e. The third-order valence-electron chi connectivity index (χ3n) is 3.26. The van der Waals surface area contributed by atoms with E-state index in [1.165, 1.54) is 0 Å². The van der Waals surface area contributed by atoms with Gasteiger partial charge in [-0.2, -0.15) is 0 Å². The van der Waals surface area contributed by atoms with Gasteiger partial charge in [0.05, 0.1) is 12.2 Å². The van der Waals surface area contributed by atoms with Gasteiger partial charge in [-0.3, -0.25) is 0 Å². The van der Waals surface area contributed by atoms with Crippen LogP contribution in [0.3, 0.4) is 0 Å². The molecule has 0 amide bonds. The second-order valence-corrected chi connectivity index (χ2v) is 5.15. The number of rotatable bonds is 6. The van der Waals surface area contributed by atoms with Gasteiger partial charge in [-0.15, -0.1) is 0 Å². The van der Waals surface area contributed by atoms with Crippen molar-refractivity contribution in [3.8, 4) is 5.75 Å². The van der Waals surface area contributed by atoms with Gasteiger partial charge in [0.15, 0.2) is 0 Å². The molecule has 0 aliphatic rings. The molecule has 3 nitrogen and oxygen atoms in total. The number of hydrogen-bond donors (Lipinski definition) is 1. The van der Waals surface area contributed by atoms with Crippen LogP contribution in [0, 0.1) is 6.92 Å². The van der Waals surface area contributed by atoms with Crippen molar-refractivity contribution in [2.75, 3.05) is 6.61 Å². The molecule has 2 aromatic rings. The SMILES string of the molecule is CCCOc1ccc(/C=C(\C(=O)O)c2ccc(C)cc2)cc1. The highest BCUT2D eigenvalue weighted by molar-refractivity contribution is 6.20. The first-order valence-corrected chi connectivity index (χ1v) is 7.35. The molecular weight excluding hydrogens is 276 g/mol. The van der Waals surface area contributed by atoms with Crippen molar-refractivity contribution in [3.63, 3.8) is 0 Å². The zero-order valence-corrected chi connectivity index (χ0v) is 12.9. The fourth-order valence-corrected chi connectivity index (χ4v) is 2.05. The van der Waals surface area contributed by atoms with Gasteiger partial charge in [0.25, 0.3) is 0 Å². The Bertz CT molecular complexity index is 652. The summed E-state index contributed by atoms with van der Waals surface area (Å²) in [6.07, 6.45) is 2.63. The quantitative estimate of drug-likeness (QED) is 0.634. The molecule has 0 spiro atoms. The lowest BCUT2D eigenvalue weighted by Gasteiger charge is -2.06. The Morgan fingerprint density at radius 2 is 1.73 bits per heavy atom. The summed E-state index contributed by atoms with van der Waals surface area (Å²) >= 11 is 0. The van der Waals surface area contributed by atoms with Crippen molar-refractivity contribution in [1.29, 1.82) is 0 Å². The van der Waals surface area contributed by atoms with Crippen LogP contribution in [0.25, 0.3) is 11.6 Å². The number of carboxylic acids is 1. The van der Waals surface area contributed by atoms with Crippen LogP contribution in [-0.2, 0) is 4.79 Å². The zero-order valence-electron chi connectivity index (χ0n) is 12.9. The average Bonchev–Trinajstić information content (AvgIpc) is 2.52. The van der Waals surface area contributed by atoms with E-state index in [0.717, 1.165) is 23.3 Å². The maximum atomic E-state index is 11.5. The lowest BCUT2D eigenvalue weighted by Crippen LogP contribution is -1.99. The van der Waals surface area contributed by atoms with E-state index < -0.39 is 5.97 Å². The van der Waals surface area contributed by atoms with Crippen LogP contribution >= 0.6 is 0 Å². The van der Waals surface area contributed by atoms with Crippen molar-refractivity contribution >= 4 is 17.6 Å². The van der Waals surface area contributed by atoms with Crippen LogP contribution in [0.4, 0.5) is 0 Å². The maximum absolute atomic E-state index is 11.5. The molecule has 0 heterocycles. The minimum absolute atomic E-state index is 0.280. The monoisotopic (exact) mass is 296 g/mol. The molecular formula is C19H20O3. The number of carbonyl (C=O) groups is 1. The summed E-state index contributed by atoms with van der Waals surface area (Å²) in [5.74, 6) is -0.138. The number of carboxylic acid groups (broad SMARTS) is 1. The van der Waals surface area contributed by atoms with Crippen LogP contribution in [0.5, 0.6) is 5.75 Å². The molecule has 22 heavy (non-hydrogen) atoms. The highest BCUT2D eigenvalue weighted by Crippen LogP contribution is 2.21. The molecule has 0 radical (unpaired) electrons. The third-order valence-corrected chi connectivity index (χ3v) is 3.26. The number of benzene rings is 2. The molecule has 0 aromatic heterocycles. The van der Waals surface area contributed by atoms with Crippen molar-refractivity contribution in [2.45, 2.75) is 20.3 Å². The van der Waals surface area contributed by atoms with Gasteiger partial charge in [0.1, 0.15) is 5.75 Å². The second kappa shape index (κ2) is 7.46. The molecule has 2 aromatic carbocycles. The molecule has 1 N–H and O–H groups in total. The zero-order chi connectivity index (χ0) is 15.9. The molecule has 0 atom stereocenters. The Labute approximate surface area is 130 Å². The predicted octanol–water partition coefficient (Wildman–Crippen LogP) is 4.41.